The molecule has 0 saturated heterocycles. The Kier molecular flexibility index (Phi) is 9.55. The normalized spacial score (nSPS) is 12.2. The highest BCUT2D eigenvalue weighted by Gasteiger charge is 2.23. The Hall–Kier alpha value is -7.78. The van der Waals surface area contributed by atoms with Crippen molar-refractivity contribution in [3.8, 4) is 56.6 Å². The van der Waals surface area contributed by atoms with Crippen molar-refractivity contribution in [3.05, 3.63) is 170 Å². The molecule has 4 heterocycles. The van der Waals surface area contributed by atoms with E-state index in [0.29, 0.717) is 0 Å². The minimum absolute atomic E-state index is 0.0197. The maximum absolute atomic E-state index is 10.7. The lowest BCUT2D eigenvalue weighted by Crippen LogP contribution is -2.05. The largest absolute Gasteiger partial charge is 0.508 e. The smallest absolute Gasteiger partial charge is 0.120 e. The van der Waals surface area contributed by atoms with E-state index in [0.717, 1.165) is 93.4 Å². The van der Waals surface area contributed by atoms with E-state index in [4.69, 9.17) is 14.2 Å². The lowest BCUT2D eigenvalue weighted by atomic mass is 9.95. The fraction of sp³-hybridized carbons (Fsp3) is 0.115. The van der Waals surface area contributed by atoms with Crippen molar-refractivity contribution >= 4 is 107 Å². The average molecular weight is 935 g/mol. The monoisotopic (exact) mass is 934 g/mol. The van der Waals surface area contributed by atoms with Gasteiger partial charge in [0, 0.05) is 73.3 Å². The van der Waals surface area contributed by atoms with Crippen LogP contribution in [-0.4, -0.2) is 33.6 Å². The molecule has 0 aliphatic carbocycles. The quantitative estimate of drug-likeness (QED) is 0.157. The third-order valence-electron chi connectivity index (χ3n) is 13.4. The molecule has 9 aromatic carbocycles. The Morgan fingerprint density at radius 1 is 0.391 bits per heavy atom. The highest BCUT2D eigenvalue weighted by atomic mass is 32.1. The molecule has 69 heavy (non-hydrogen) atoms. The van der Waals surface area contributed by atoms with Crippen LogP contribution in [-0.2, 0) is 0 Å². The van der Waals surface area contributed by atoms with Gasteiger partial charge in [-0.1, -0.05) is 54.6 Å². The van der Waals surface area contributed by atoms with E-state index in [9.17, 15) is 5.11 Å². The zero-order valence-electron chi connectivity index (χ0n) is 38.7. The van der Waals surface area contributed by atoms with Crippen LogP contribution in [0.1, 0.15) is 27.7 Å². The van der Waals surface area contributed by atoms with E-state index in [1.807, 2.05) is 29.5 Å². The van der Waals surface area contributed by atoms with Gasteiger partial charge in [-0.05, 0) is 165 Å². The number of fused-ring (bicyclic) bond motifs is 12. The standard InChI is InChI=1S/C61H46N2O4S2/c1-34(2)66-40-22-25-50-46(32-40)58-42(44-15-9-19-56-60(44)48-30-38(64)21-27-54(48)68-56)13-7-17-52(58)62(50)36-11-6-12-37(29-36)63-51-26-23-41(67-35(3)4)33-47(51)59-43(14-8-18-53(59)63)45-16-10-20-57-61(45)49-31-39(65-5)24-28-55(49)69-57/h6-35,64H,1-5H3. The first-order valence-corrected chi connectivity index (χ1v) is 25.1. The van der Waals surface area contributed by atoms with Crippen LogP contribution in [0.15, 0.2) is 170 Å². The van der Waals surface area contributed by atoms with Crippen LogP contribution in [0.25, 0.3) is 118 Å². The van der Waals surface area contributed by atoms with E-state index < -0.39 is 0 Å². The molecule has 336 valence electrons. The maximum Gasteiger partial charge on any atom is 0.120 e. The molecule has 13 rings (SSSR count). The molecule has 0 bridgehead atoms. The van der Waals surface area contributed by atoms with Crippen molar-refractivity contribution in [2.45, 2.75) is 39.9 Å². The number of aromatic nitrogens is 2. The maximum atomic E-state index is 10.7. The van der Waals surface area contributed by atoms with E-state index in [1.165, 1.54) is 41.4 Å². The molecular weight excluding hydrogens is 889 g/mol. The highest BCUT2D eigenvalue weighted by Crippen LogP contribution is 2.48. The summed E-state index contributed by atoms with van der Waals surface area (Å²) in [5.41, 5.74) is 11.1. The first kappa shape index (κ1) is 41.4. The summed E-state index contributed by atoms with van der Waals surface area (Å²) in [6.07, 6.45) is 0.0461. The van der Waals surface area contributed by atoms with Gasteiger partial charge in [-0.25, -0.2) is 0 Å². The molecule has 0 amide bonds. The number of thiophene rings is 2. The number of rotatable bonds is 9. The summed E-state index contributed by atoms with van der Waals surface area (Å²) < 4.78 is 28.1. The Bertz CT molecular complexity index is 4230. The Morgan fingerprint density at radius 3 is 1.33 bits per heavy atom. The van der Waals surface area contributed by atoms with Crippen LogP contribution in [0.3, 0.4) is 0 Å². The van der Waals surface area contributed by atoms with Crippen LogP contribution in [0.4, 0.5) is 0 Å². The van der Waals surface area contributed by atoms with Crippen molar-refractivity contribution in [3.63, 3.8) is 0 Å². The summed E-state index contributed by atoms with van der Waals surface area (Å²) >= 11 is 3.57. The molecule has 0 aliphatic rings. The van der Waals surface area contributed by atoms with Gasteiger partial charge in [0.1, 0.15) is 23.0 Å². The first-order chi connectivity index (χ1) is 33.7. The molecule has 4 aromatic heterocycles. The number of phenolic OH excluding ortho intramolecular Hbond substituents is 1. The van der Waals surface area contributed by atoms with Crippen molar-refractivity contribution in [2.75, 3.05) is 7.11 Å². The molecule has 1 N–H and O–H groups in total. The molecule has 0 saturated carbocycles. The van der Waals surface area contributed by atoms with Crippen molar-refractivity contribution in [1.82, 2.24) is 9.13 Å². The van der Waals surface area contributed by atoms with Gasteiger partial charge >= 0.3 is 0 Å². The van der Waals surface area contributed by atoms with Gasteiger partial charge < -0.3 is 28.5 Å². The van der Waals surface area contributed by atoms with Gasteiger partial charge in [0.25, 0.3) is 0 Å². The third kappa shape index (κ3) is 6.57. The summed E-state index contributed by atoms with van der Waals surface area (Å²) in [7, 11) is 1.73. The molecule has 0 atom stereocenters. The van der Waals surface area contributed by atoms with Crippen molar-refractivity contribution in [1.29, 1.82) is 0 Å². The fourth-order valence-electron chi connectivity index (χ4n) is 10.8. The summed E-state index contributed by atoms with van der Waals surface area (Å²) in [5, 5.41) is 19.9. The highest BCUT2D eigenvalue weighted by molar-refractivity contribution is 7.26. The van der Waals surface area contributed by atoms with Gasteiger partial charge in [-0.2, -0.15) is 0 Å². The number of phenols is 1. The van der Waals surface area contributed by atoms with Crippen LogP contribution in [0.5, 0.6) is 23.0 Å². The fourth-order valence-corrected chi connectivity index (χ4v) is 13.0. The predicted octanol–water partition coefficient (Wildman–Crippen LogP) is 17.2. The molecule has 0 spiro atoms. The molecule has 0 radical (unpaired) electrons. The van der Waals surface area contributed by atoms with Crippen LogP contribution in [0.2, 0.25) is 0 Å². The van der Waals surface area contributed by atoms with Gasteiger partial charge in [-0.15, -0.1) is 22.7 Å². The summed E-state index contributed by atoms with van der Waals surface area (Å²) in [5.74, 6) is 2.78. The molecule has 8 heteroatoms. The van der Waals surface area contributed by atoms with Crippen LogP contribution >= 0.6 is 22.7 Å². The predicted molar refractivity (Wildman–Crippen MR) is 292 cm³/mol. The SMILES string of the molecule is COc1ccc2sc3cccc(-c4cccc5c4c4cc(OC(C)C)ccc4n5-c4cccc(-n5c6ccc(OC(C)C)cc6c6c(-c7cccc8sc9ccc(O)cc9c78)cccc65)c4)c3c2c1. The number of benzene rings is 9. The summed E-state index contributed by atoms with van der Waals surface area (Å²) in [6, 6.07) is 60.7. The molecular formula is C61H46N2O4S2. The average Bonchev–Trinajstić information content (AvgIpc) is 4.10. The van der Waals surface area contributed by atoms with Crippen molar-refractivity contribution < 1.29 is 19.3 Å². The number of nitrogens with zero attached hydrogens (tertiary/aromatic N) is 2. The van der Waals surface area contributed by atoms with Crippen molar-refractivity contribution in [2.24, 2.45) is 0 Å². The van der Waals surface area contributed by atoms with Crippen LogP contribution in [0, 0.1) is 0 Å². The minimum Gasteiger partial charge on any atom is -0.508 e. The van der Waals surface area contributed by atoms with Gasteiger partial charge in [0.2, 0.25) is 0 Å². The van der Waals surface area contributed by atoms with Gasteiger partial charge in [0.05, 0.1) is 41.4 Å². The number of ether oxygens (including phenoxy) is 3. The van der Waals surface area contributed by atoms with Gasteiger partial charge in [0.15, 0.2) is 0 Å². The molecule has 0 fully saturated rings. The van der Waals surface area contributed by atoms with E-state index in [2.05, 4.69) is 182 Å². The number of hydrogen-bond acceptors (Lipinski definition) is 6. The topological polar surface area (TPSA) is 57.8 Å². The second-order valence-corrected chi connectivity index (χ2v) is 20.6. The minimum atomic E-state index is 0.0197. The first-order valence-electron chi connectivity index (χ1n) is 23.4. The number of aromatic hydroxyl groups is 1. The zero-order valence-corrected chi connectivity index (χ0v) is 40.3. The molecule has 0 unspecified atom stereocenters. The Morgan fingerprint density at radius 2 is 0.826 bits per heavy atom. The lowest BCUT2D eigenvalue weighted by molar-refractivity contribution is 0.242. The molecule has 6 nitrogen and oxygen atoms in total. The Balaban J connectivity index is 1.06. The summed E-state index contributed by atoms with van der Waals surface area (Å²) in [6.45, 7) is 8.29. The van der Waals surface area contributed by atoms with E-state index >= 15 is 0 Å². The second kappa shape index (κ2) is 15.9. The van der Waals surface area contributed by atoms with Crippen LogP contribution < -0.4 is 14.2 Å². The van der Waals surface area contributed by atoms with E-state index in [1.54, 1.807) is 24.5 Å². The number of hydrogen-bond donors (Lipinski definition) is 1. The van der Waals surface area contributed by atoms with Gasteiger partial charge in [-0.3, -0.25) is 0 Å². The molecule has 13 aromatic rings. The second-order valence-electron chi connectivity index (χ2n) is 18.4. The number of methoxy groups -OCH3 is 1. The zero-order chi connectivity index (χ0) is 46.7. The van der Waals surface area contributed by atoms with E-state index in [-0.39, 0.29) is 18.0 Å². The third-order valence-corrected chi connectivity index (χ3v) is 15.6. The lowest BCUT2D eigenvalue weighted by Gasteiger charge is -2.14. The Labute approximate surface area is 406 Å². The summed E-state index contributed by atoms with van der Waals surface area (Å²) in [4.78, 5) is 0. The molecule has 0 aliphatic heterocycles.